The van der Waals surface area contributed by atoms with Crippen molar-refractivity contribution in [3.63, 3.8) is 0 Å². The van der Waals surface area contributed by atoms with E-state index in [0.29, 0.717) is 36.3 Å². The normalized spacial score (nSPS) is 17.6. The van der Waals surface area contributed by atoms with Crippen molar-refractivity contribution in [1.29, 1.82) is 0 Å². The Morgan fingerprint density at radius 3 is 3.04 bits per heavy atom. The van der Waals surface area contributed by atoms with Crippen LogP contribution in [0.1, 0.15) is 30.5 Å². The monoisotopic (exact) mass is 363 g/mol. The van der Waals surface area contributed by atoms with Crippen LogP contribution in [-0.4, -0.2) is 34.6 Å². The average molecular weight is 363 g/mol. The van der Waals surface area contributed by atoms with Gasteiger partial charge in [0.25, 0.3) is 0 Å². The molecule has 1 aliphatic carbocycles. The first-order valence-electron chi connectivity index (χ1n) is 8.70. The molecule has 1 aromatic heterocycles. The zero-order valence-corrected chi connectivity index (χ0v) is 14.6. The number of hydrogen-bond acceptors (Lipinski definition) is 4. The van der Waals surface area contributed by atoms with Gasteiger partial charge in [-0.15, -0.1) is 0 Å². The minimum Gasteiger partial charge on any atom is -0.331 e. The van der Waals surface area contributed by atoms with Gasteiger partial charge >= 0.3 is 0 Å². The number of anilines is 1. The minimum atomic E-state index is -0.546. The molecule has 1 heterocycles. The van der Waals surface area contributed by atoms with Crippen LogP contribution in [0.4, 0.5) is 14.6 Å². The van der Waals surface area contributed by atoms with Crippen molar-refractivity contribution < 1.29 is 13.6 Å². The van der Waals surface area contributed by atoms with Crippen LogP contribution in [0.25, 0.3) is 0 Å². The van der Waals surface area contributed by atoms with Gasteiger partial charge in [0.15, 0.2) is 5.82 Å². The molecule has 2 atom stereocenters. The highest BCUT2D eigenvalue weighted by Gasteiger charge is 2.22. The number of hydrogen-bond donors (Lipinski definition) is 3. The van der Waals surface area contributed by atoms with Crippen molar-refractivity contribution in [2.75, 3.05) is 18.4 Å². The summed E-state index contributed by atoms with van der Waals surface area (Å²) >= 11 is 0. The molecule has 6 nitrogen and oxygen atoms in total. The zero-order valence-electron chi connectivity index (χ0n) is 14.6. The van der Waals surface area contributed by atoms with Crippen molar-refractivity contribution in [2.24, 2.45) is 5.73 Å². The van der Waals surface area contributed by atoms with Gasteiger partial charge in [0.1, 0.15) is 11.6 Å². The Labute approximate surface area is 150 Å². The summed E-state index contributed by atoms with van der Waals surface area (Å²) < 4.78 is 29.0. The molecule has 0 saturated heterocycles. The highest BCUT2D eigenvalue weighted by molar-refractivity contribution is 5.91. The number of nitrogens with zero attached hydrogens (tertiary/aromatic N) is 2. The van der Waals surface area contributed by atoms with Crippen molar-refractivity contribution in [3.05, 3.63) is 47.4 Å². The fraction of sp³-hybridized carbons (Fsp3) is 0.444. The first-order chi connectivity index (χ1) is 12.5. The molecule has 140 valence electrons. The van der Waals surface area contributed by atoms with Gasteiger partial charge in [-0.25, -0.2) is 13.8 Å². The number of halogens is 2. The standard InChI is InChI=1S/C18H23F2N5O/c1-11(7-21)25-9-17(23-10-25)24-18(26)8-22-14-3-2-12-4-13(19)5-16(20)15(12)6-14/h4-5,9-11,14,22H,2-3,6-8,21H2,1H3,(H,24,26). The highest BCUT2D eigenvalue weighted by Crippen LogP contribution is 2.25. The van der Waals surface area contributed by atoms with Gasteiger partial charge in [-0.3, -0.25) is 4.79 Å². The number of imidazole rings is 1. The van der Waals surface area contributed by atoms with Gasteiger partial charge in [0, 0.05) is 30.9 Å². The smallest absolute Gasteiger partial charge is 0.239 e. The van der Waals surface area contributed by atoms with E-state index in [2.05, 4.69) is 15.6 Å². The van der Waals surface area contributed by atoms with Crippen LogP contribution in [-0.2, 0) is 17.6 Å². The Morgan fingerprint density at radius 1 is 1.46 bits per heavy atom. The van der Waals surface area contributed by atoms with E-state index in [1.165, 1.54) is 6.07 Å². The van der Waals surface area contributed by atoms with Crippen molar-refractivity contribution >= 4 is 11.7 Å². The predicted octanol–water partition coefficient (Wildman–Crippen LogP) is 1.77. The van der Waals surface area contributed by atoms with Crippen LogP contribution < -0.4 is 16.4 Å². The summed E-state index contributed by atoms with van der Waals surface area (Å²) in [4.78, 5) is 16.2. The number of fused-ring (bicyclic) bond motifs is 1. The first-order valence-corrected chi connectivity index (χ1v) is 8.70. The van der Waals surface area contributed by atoms with Crippen LogP contribution in [0.15, 0.2) is 24.7 Å². The number of rotatable bonds is 6. The van der Waals surface area contributed by atoms with Crippen molar-refractivity contribution in [3.8, 4) is 0 Å². The Balaban J connectivity index is 1.51. The lowest BCUT2D eigenvalue weighted by molar-refractivity contribution is -0.115. The topological polar surface area (TPSA) is 85.0 Å². The van der Waals surface area contributed by atoms with Crippen molar-refractivity contribution in [2.45, 2.75) is 38.3 Å². The van der Waals surface area contributed by atoms with Gasteiger partial charge in [-0.05, 0) is 43.4 Å². The second-order valence-corrected chi connectivity index (χ2v) is 6.68. The number of aryl methyl sites for hydroxylation is 1. The third-order valence-corrected chi connectivity index (χ3v) is 4.74. The molecule has 0 radical (unpaired) electrons. The highest BCUT2D eigenvalue weighted by atomic mass is 19.1. The molecule has 0 spiro atoms. The largest absolute Gasteiger partial charge is 0.331 e. The summed E-state index contributed by atoms with van der Waals surface area (Å²) in [5.74, 6) is -0.820. The summed E-state index contributed by atoms with van der Waals surface area (Å²) in [5, 5.41) is 5.86. The van der Waals surface area contributed by atoms with E-state index in [1.54, 1.807) is 12.5 Å². The maximum Gasteiger partial charge on any atom is 0.239 e. The number of nitrogens with two attached hydrogens (primary N) is 1. The van der Waals surface area contributed by atoms with E-state index in [9.17, 15) is 13.6 Å². The summed E-state index contributed by atoms with van der Waals surface area (Å²) in [5.41, 5.74) is 6.85. The Kier molecular flexibility index (Phi) is 5.63. The van der Waals surface area contributed by atoms with E-state index < -0.39 is 11.6 Å². The molecule has 8 heteroatoms. The minimum absolute atomic E-state index is 0.0250. The maximum atomic E-state index is 13.9. The zero-order chi connectivity index (χ0) is 18.7. The van der Waals surface area contributed by atoms with Crippen LogP contribution in [0.3, 0.4) is 0 Å². The van der Waals surface area contributed by atoms with Gasteiger partial charge in [-0.1, -0.05) is 0 Å². The number of benzene rings is 1. The Morgan fingerprint density at radius 2 is 2.27 bits per heavy atom. The van der Waals surface area contributed by atoms with E-state index in [4.69, 9.17) is 5.73 Å². The summed E-state index contributed by atoms with van der Waals surface area (Å²) in [6, 6.07) is 2.38. The molecule has 1 amide bonds. The van der Waals surface area contributed by atoms with Crippen LogP contribution >= 0.6 is 0 Å². The van der Waals surface area contributed by atoms with Gasteiger partial charge < -0.3 is 20.9 Å². The van der Waals surface area contributed by atoms with Gasteiger partial charge in [0.05, 0.1) is 12.9 Å². The number of carbonyl (C=O) groups is 1. The molecule has 1 aromatic carbocycles. The van der Waals surface area contributed by atoms with E-state index in [1.807, 2.05) is 11.5 Å². The SMILES string of the molecule is CC(CN)n1cnc(NC(=O)CNC2CCc3cc(F)cc(F)c3C2)c1. The molecular weight excluding hydrogens is 340 g/mol. The third kappa shape index (κ3) is 4.25. The lowest BCUT2D eigenvalue weighted by Crippen LogP contribution is -2.39. The molecule has 2 unspecified atom stereocenters. The summed E-state index contributed by atoms with van der Waals surface area (Å²) in [6.07, 6.45) is 5.12. The van der Waals surface area contributed by atoms with Gasteiger partial charge in [-0.2, -0.15) is 0 Å². The van der Waals surface area contributed by atoms with Crippen LogP contribution in [0.5, 0.6) is 0 Å². The van der Waals surface area contributed by atoms with Crippen LogP contribution in [0.2, 0.25) is 0 Å². The average Bonchev–Trinajstić information content (AvgIpc) is 3.07. The molecule has 0 saturated carbocycles. The number of aromatic nitrogens is 2. The maximum absolute atomic E-state index is 13.9. The quantitative estimate of drug-likeness (QED) is 0.730. The van der Waals surface area contributed by atoms with E-state index in [0.717, 1.165) is 12.5 Å². The van der Waals surface area contributed by atoms with Gasteiger partial charge in [0.2, 0.25) is 5.91 Å². The van der Waals surface area contributed by atoms with E-state index >= 15 is 0 Å². The fourth-order valence-electron chi connectivity index (χ4n) is 3.15. The molecule has 0 fully saturated rings. The second-order valence-electron chi connectivity index (χ2n) is 6.68. The fourth-order valence-corrected chi connectivity index (χ4v) is 3.15. The van der Waals surface area contributed by atoms with Crippen molar-refractivity contribution in [1.82, 2.24) is 14.9 Å². The lowest BCUT2D eigenvalue weighted by Gasteiger charge is -2.25. The number of nitrogens with one attached hydrogen (secondary N) is 2. The molecule has 4 N–H and O–H groups in total. The summed E-state index contributed by atoms with van der Waals surface area (Å²) in [7, 11) is 0. The number of carbonyl (C=O) groups excluding carboxylic acids is 1. The molecule has 0 aliphatic heterocycles. The molecule has 2 aromatic rings. The molecule has 3 rings (SSSR count). The molecule has 26 heavy (non-hydrogen) atoms. The molecular formula is C18H23F2N5O. The second kappa shape index (κ2) is 7.92. The number of amides is 1. The molecule has 1 aliphatic rings. The third-order valence-electron chi connectivity index (χ3n) is 4.74. The summed E-state index contributed by atoms with van der Waals surface area (Å²) in [6.45, 7) is 2.54. The Bertz CT molecular complexity index is 792. The predicted molar refractivity (Wildman–Crippen MR) is 94.8 cm³/mol. The lowest BCUT2D eigenvalue weighted by atomic mass is 9.88. The van der Waals surface area contributed by atoms with E-state index in [-0.39, 0.29) is 24.5 Å². The Hall–Kier alpha value is -2.32. The first kappa shape index (κ1) is 18.5. The van der Waals surface area contributed by atoms with Crippen LogP contribution in [0, 0.1) is 11.6 Å². The molecule has 0 bridgehead atoms.